The number of guanidine groups is 1. The Morgan fingerprint density at radius 1 is 1.20 bits per heavy atom. The summed E-state index contributed by atoms with van der Waals surface area (Å²) in [5.41, 5.74) is 5.36. The van der Waals surface area contributed by atoms with E-state index in [2.05, 4.69) is 42.6 Å². The molecular formula is C20H35N5. The summed E-state index contributed by atoms with van der Waals surface area (Å²) in [5, 5.41) is 11.5. The molecule has 0 saturated carbocycles. The van der Waals surface area contributed by atoms with Crippen LogP contribution in [0.1, 0.15) is 69.8 Å². The Hall–Kier alpha value is -1.78. The molecule has 0 fully saturated rings. The van der Waals surface area contributed by atoms with Crippen molar-refractivity contribution in [2.45, 2.75) is 72.3 Å². The Morgan fingerprint density at radius 3 is 2.68 bits per heavy atom. The maximum atomic E-state index is 4.82. The number of nitrogens with one attached hydrogen (secondary N) is 2. The second kappa shape index (κ2) is 10.3. The topological polar surface area (TPSA) is 54.2 Å². The molecule has 0 unspecified atom stereocenters. The van der Waals surface area contributed by atoms with Gasteiger partial charge >= 0.3 is 0 Å². The maximum Gasteiger partial charge on any atom is 0.191 e. The van der Waals surface area contributed by atoms with Crippen LogP contribution in [0.15, 0.2) is 16.6 Å². The molecule has 5 nitrogen and oxygen atoms in total. The van der Waals surface area contributed by atoms with Gasteiger partial charge in [-0.3, -0.25) is 4.68 Å². The number of aryl methyl sites for hydroxylation is 2. The van der Waals surface area contributed by atoms with Gasteiger partial charge in [0.2, 0.25) is 0 Å². The number of hydrogen-bond donors (Lipinski definition) is 2. The van der Waals surface area contributed by atoms with Gasteiger partial charge in [0.1, 0.15) is 0 Å². The third-order valence-corrected chi connectivity index (χ3v) is 4.89. The highest BCUT2D eigenvalue weighted by molar-refractivity contribution is 5.79. The van der Waals surface area contributed by atoms with Gasteiger partial charge in [-0.25, -0.2) is 4.99 Å². The van der Waals surface area contributed by atoms with Crippen LogP contribution in [0.4, 0.5) is 0 Å². The molecule has 1 aromatic heterocycles. The van der Waals surface area contributed by atoms with Gasteiger partial charge in [0.05, 0.1) is 12.2 Å². The Balaban J connectivity index is 1.98. The molecule has 0 radical (unpaired) electrons. The summed E-state index contributed by atoms with van der Waals surface area (Å²) in [6.07, 6.45) is 10.7. The summed E-state index contributed by atoms with van der Waals surface area (Å²) in [6.45, 7) is 8.98. The second-order valence-corrected chi connectivity index (χ2v) is 6.68. The SMILES string of the molecule is CCNC(=NCc1c(CC)nn(C)c1CC)NCCC1=CCCCC1. The van der Waals surface area contributed by atoms with Crippen molar-refractivity contribution in [1.82, 2.24) is 20.4 Å². The smallest absolute Gasteiger partial charge is 0.191 e. The normalized spacial score (nSPS) is 15.2. The molecule has 2 N–H and O–H groups in total. The van der Waals surface area contributed by atoms with Crippen LogP contribution >= 0.6 is 0 Å². The fourth-order valence-electron chi connectivity index (χ4n) is 3.55. The monoisotopic (exact) mass is 345 g/mol. The van der Waals surface area contributed by atoms with Crippen molar-refractivity contribution in [2.24, 2.45) is 12.0 Å². The molecule has 0 atom stereocenters. The fourth-order valence-corrected chi connectivity index (χ4v) is 3.55. The maximum absolute atomic E-state index is 4.82. The molecular weight excluding hydrogens is 310 g/mol. The van der Waals surface area contributed by atoms with E-state index < -0.39 is 0 Å². The van der Waals surface area contributed by atoms with Crippen LogP contribution in [0.25, 0.3) is 0 Å². The molecule has 0 amide bonds. The van der Waals surface area contributed by atoms with E-state index in [9.17, 15) is 0 Å². The fraction of sp³-hybridized carbons (Fsp3) is 0.700. The minimum absolute atomic E-state index is 0.693. The summed E-state index contributed by atoms with van der Waals surface area (Å²) < 4.78 is 2.01. The lowest BCUT2D eigenvalue weighted by atomic mass is 9.97. The molecule has 0 saturated heterocycles. The van der Waals surface area contributed by atoms with Crippen molar-refractivity contribution in [3.63, 3.8) is 0 Å². The van der Waals surface area contributed by atoms with E-state index in [-0.39, 0.29) is 0 Å². The van der Waals surface area contributed by atoms with Crippen molar-refractivity contribution in [2.75, 3.05) is 13.1 Å². The molecule has 5 heteroatoms. The molecule has 1 heterocycles. The summed E-state index contributed by atoms with van der Waals surface area (Å²) in [7, 11) is 2.03. The number of hydrogen-bond acceptors (Lipinski definition) is 2. The van der Waals surface area contributed by atoms with Crippen molar-refractivity contribution >= 4 is 5.96 Å². The Kier molecular flexibility index (Phi) is 8.02. The summed E-state index contributed by atoms with van der Waals surface area (Å²) in [4.78, 5) is 4.82. The molecule has 0 aromatic carbocycles. The zero-order valence-corrected chi connectivity index (χ0v) is 16.5. The van der Waals surface area contributed by atoms with Crippen molar-refractivity contribution in [3.8, 4) is 0 Å². The summed E-state index contributed by atoms with van der Waals surface area (Å²) >= 11 is 0. The minimum Gasteiger partial charge on any atom is -0.357 e. The van der Waals surface area contributed by atoms with Gasteiger partial charge in [0, 0.05) is 31.4 Å². The van der Waals surface area contributed by atoms with Gasteiger partial charge in [-0.15, -0.1) is 0 Å². The molecule has 25 heavy (non-hydrogen) atoms. The molecule has 2 rings (SSSR count). The van der Waals surface area contributed by atoms with Crippen LogP contribution in [0.5, 0.6) is 0 Å². The van der Waals surface area contributed by atoms with Crippen LogP contribution in [0.2, 0.25) is 0 Å². The highest BCUT2D eigenvalue weighted by atomic mass is 15.3. The molecule has 0 spiro atoms. The Morgan fingerprint density at radius 2 is 2.04 bits per heavy atom. The predicted molar refractivity (Wildman–Crippen MR) is 106 cm³/mol. The first kappa shape index (κ1) is 19.5. The molecule has 1 aliphatic carbocycles. The van der Waals surface area contributed by atoms with E-state index >= 15 is 0 Å². The van der Waals surface area contributed by atoms with E-state index in [1.54, 1.807) is 5.57 Å². The van der Waals surface area contributed by atoms with E-state index in [0.29, 0.717) is 6.54 Å². The number of allylic oxidation sites excluding steroid dienone is 1. The Labute approximate surface area is 153 Å². The number of aromatic nitrogens is 2. The van der Waals surface area contributed by atoms with E-state index in [1.807, 2.05) is 11.7 Å². The van der Waals surface area contributed by atoms with Crippen molar-refractivity contribution in [3.05, 3.63) is 28.6 Å². The number of nitrogens with zero attached hydrogens (tertiary/aromatic N) is 3. The van der Waals surface area contributed by atoms with Crippen LogP contribution in [0, 0.1) is 0 Å². The molecule has 1 aliphatic rings. The van der Waals surface area contributed by atoms with Gasteiger partial charge in [0.25, 0.3) is 0 Å². The first-order chi connectivity index (χ1) is 12.2. The molecule has 140 valence electrons. The van der Waals surface area contributed by atoms with Gasteiger partial charge in [-0.1, -0.05) is 25.5 Å². The highest BCUT2D eigenvalue weighted by Gasteiger charge is 2.13. The second-order valence-electron chi connectivity index (χ2n) is 6.68. The van der Waals surface area contributed by atoms with E-state index in [1.165, 1.54) is 42.6 Å². The van der Waals surface area contributed by atoms with Crippen LogP contribution in [-0.2, 0) is 26.4 Å². The van der Waals surface area contributed by atoms with Crippen LogP contribution < -0.4 is 10.6 Å². The van der Waals surface area contributed by atoms with E-state index in [4.69, 9.17) is 4.99 Å². The summed E-state index contributed by atoms with van der Waals surface area (Å²) in [6, 6.07) is 0. The van der Waals surface area contributed by atoms with Crippen molar-refractivity contribution < 1.29 is 0 Å². The standard InChI is InChI=1S/C20H35N5/c1-5-18-17(19(6-2)25(4)24-18)15-23-20(21-7-3)22-14-13-16-11-9-8-10-12-16/h11H,5-10,12-15H2,1-4H3,(H2,21,22,23). The summed E-state index contributed by atoms with van der Waals surface area (Å²) in [5.74, 6) is 0.909. The van der Waals surface area contributed by atoms with Gasteiger partial charge < -0.3 is 10.6 Å². The molecule has 0 aliphatic heterocycles. The average molecular weight is 346 g/mol. The Bertz CT molecular complexity index is 597. The lowest BCUT2D eigenvalue weighted by molar-refractivity contribution is 0.665. The minimum atomic E-state index is 0.693. The third kappa shape index (κ3) is 5.62. The lowest BCUT2D eigenvalue weighted by Gasteiger charge is -2.15. The quantitative estimate of drug-likeness (QED) is 0.431. The lowest BCUT2D eigenvalue weighted by Crippen LogP contribution is -2.37. The predicted octanol–water partition coefficient (Wildman–Crippen LogP) is 3.49. The van der Waals surface area contributed by atoms with Gasteiger partial charge in [-0.2, -0.15) is 5.10 Å². The molecule has 0 bridgehead atoms. The van der Waals surface area contributed by atoms with E-state index in [0.717, 1.165) is 38.3 Å². The number of aliphatic imine (C=N–C) groups is 1. The van der Waals surface area contributed by atoms with Crippen LogP contribution in [-0.4, -0.2) is 28.8 Å². The number of rotatable bonds is 8. The van der Waals surface area contributed by atoms with Crippen LogP contribution in [0.3, 0.4) is 0 Å². The third-order valence-electron chi connectivity index (χ3n) is 4.89. The van der Waals surface area contributed by atoms with Crippen molar-refractivity contribution in [1.29, 1.82) is 0 Å². The van der Waals surface area contributed by atoms with Gasteiger partial charge in [0.15, 0.2) is 5.96 Å². The zero-order chi connectivity index (χ0) is 18.1. The molecule has 1 aromatic rings. The largest absolute Gasteiger partial charge is 0.357 e. The average Bonchev–Trinajstić information content (AvgIpc) is 2.95. The first-order valence-electron chi connectivity index (χ1n) is 9.93. The first-order valence-corrected chi connectivity index (χ1v) is 9.93. The van der Waals surface area contributed by atoms with Gasteiger partial charge in [-0.05, 0) is 51.9 Å². The highest BCUT2D eigenvalue weighted by Crippen LogP contribution is 2.19. The zero-order valence-electron chi connectivity index (χ0n) is 16.5.